The van der Waals surface area contributed by atoms with Crippen LogP contribution in [0, 0.1) is 0 Å². The van der Waals surface area contributed by atoms with E-state index in [1.807, 2.05) is 24.3 Å². The summed E-state index contributed by atoms with van der Waals surface area (Å²) in [7, 11) is -2.55. The molecule has 0 radical (unpaired) electrons. The lowest BCUT2D eigenvalue weighted by atomic mass is 10.1. The van der Waals surface area contributed by atoms with Crippen molar-refractivity contribution >= 4 is 65.5 Å². The lowest BCUT2D eigenvalue weighted by Crippen LogP contribution is -2.28. The van der Waals surface area contributed by atoms with Crippen LogP contribution in [-0.2, 0) is 48.3 Å². The van der Waals surface area contributed by atoms with Gasteiger partial charge in [0.05, 0.1) is 29.0 Å². The van der Waals surface area contributed by atoms with Crippen molar-refractivity contribution in [3.05, 3.63) is 45.1 Å². The fourth-order valence-electron chi connectivity index (χ4n) is 4.16. The maximum Gasteiger partial charge on any atom is 0.341 e. The zero-order valence-corrected chi connectivity index (χ0v) is 22.9. The molecule has 1 N–H and O–H groups in total. The van der Waals surface area contributed by atoms with Crippen LogP contribution in [0.2, 0.25) is 0 Å². The Labute approximate surface area is 221 Å². The van der Waals surface area contributed by atoms with Crippen molar-refractivity contribution in [1.29, 1.82) is 0 Å². The molecular weight excluding hydrogens is 538 g/mol. The number of fused-ring (bicyclic) bond motifs is 2. The van der Waals surface area contributed by atoms with E-state index in [0.29, 0.717) is 29.9 Å². The van der Waals surface area contributed by atoms with Gasteiger partial charge in [0.1, 0.15) is 16.5 Å². The number of nitrogens with zero attached hydrogens (tertiary/aromatic N) is 2. The number of carbonyl (C=O) groups excluding carboxylic acids is 3. The minimum atomic E-state index is -4.11. The van der Waals surface area contributed by atoms with E-state index >= 15 is 0 Å². The van der Waals surface area contributed by atoms with Crippen LogP contribution in [0.25, 0.3) is 10.2 Å². The Morgan fingerprint density at radius 3 is 2.68 bits per heavy atom. The Hall–Kier alpha value is -2.87. The second kappa shape index (κ2) is 11.7. The van der Waals surface area contributed by atoms with Gasteiger partial charge in [-0.15, -0.1) is 11.3 Å². The number of rotatable bonds is 10. The summed E-state index contributed by atoms with van der Waals surface area (Å²) in [6.07, 6.45) is 2.40. The lowest BCUT2D eigenvalue weighted by molar-refractivity contribution is -0.115. The third-order valence-electron chi connectivity index (χ3n) is 5.68. The maximum atomic E-state index is 12.7. The number of anilines is 1. The average Bonchev–Trinajstić information content (AvgIpc) is 3.49. The van der Waals surface area contributed by atoms with Crippen molar-refractivity contribution in [3.63, 3.8) is 0 Å². The van der Waals surface area contributed by atoms with Gasteiger partial charge in [0.15, 0.2) is 14.6 Å². The van der Waals surface area contributed by atoms with Crippen LogP contribution in [0.4, 0.5) is 5.00 Å². The summed E-state index contributed by atoms with van der Waals surface area (Å²) in [5, 5.41) is 2.83. The molecule has 13 heteroatoms. The highest BCUT2D eigenvalue weighted by Crippen LogP contribution is 2.39. The molecule has 3 aromatic rings. The Morgan fingerprint density at radius 2 is 1.92 bits per heavy atom. The number of hydrogen-bond acceptors (Lipinski definition) is 9. The Morgan fingerprint density at radius 1 is 1.14 bits per heavy atom. The Balaban J connectivity index is 1.48. The molecule has 0 spiro atoms. The molecule has 37 heavy (non-hydrogen) atoms. The van der Waals surface area contributed by atoms with Gasteiger partial charge in [0.2, 0.25) is 5.91 Å². The van der Waals surface area contributed by atoms with E-state index in [4.69, 9.17) is 9.47 Å². The predicted octanol–water partition coefficient (Wildman–Crippen LogP) is 2.56. The number of para-hydroxylation sites is 1. The van der Waals surface area contributed by atoms with Gasteiger partial charge < -0.3 is 19.4 Å². The quantitative estimate of drug-likeness (QED) is 0.374. The Kier molecular flexibility index (Phi) is 8.57. The first-order valence-corrected chi connectivity index (χ1v) is 15.1. The molecule has 0 fully saturated rings. The molecule has 4 rings (SSSR count). The fourth-order valence-corrected chi connectivity index (χ4v) is 7.54. The van der Waals surface area contributed by atoms with Crippen molar-refractivity contribution in [2.45, 2.75) is 32.7 Å². The van der Waals surface area contributed by atoms with Crippen LogP contribution in [0.5, 0.6) is 0 Å². The highest BCUT2D eigenvalue weighted by Gasteiger charge is 2.29. The number of sulfone groups is 1. The smallest absolute Gasteiger partial charge is 0.341 e. The third kappa shape index (κ3) is 6.35. The number of esters is 1. The number of carbonyl (C=O) groups is 3. The van der Waals surface area contributed by atoms with Gasteiger partial charge in [-0.2, -0.15) is 4.99 Å². The first-order valence-electron chi connectivity index (χ1n) is 11.7. The minimum absolute atomic E-state index is 0.183. The van der Waals surface area contributed by atoms with Crippen LogP contribution >= 0.6 is 22.7 Å². The second-order valence-electron chi connectivity index (χ2n) is 8.36. The normalized spacial score (nSPS) is 13.6. The monoisotopic (exact) mass is 565 g/mol. The number of methoxy groups -OCH3 is 1. The summed E-state index contributed by atoms with van der Waals surface area (Å²) in [5.74, 6) is -4.05. The minimum Gasteiger partial charge on any atom is -0.462 e. The predicted molar refractivity (Wildman–Crippen MR) is 142 cm³/mol. The molecule has 1 aliphatic carbocycles. The van der Waals surface area contributed by atoms with E-state index in [0.717, 1.165) is 33.5 Å². The molecule has 2 heterocycles. The van der Waals surface area contributed by atoms with E-state index in [1.54, 1.807) is 18.6 Å². The van der Waals surface area contributed by atoms with Crippen LogP contribution in [0.15, 0.2) is 29.3 Å². The van der Waals surface area contributed by atoms with Crippen LogP contribution in [0.3, 0.4) is 0 Å². The molecular formula is C24H27N3O7S3. The topological polar surface area (TPSA) is 133 Å². The number of amides is 2. The van der Waals surface area contributed by atoms with E-state index in [9.17, 15) is 22.8 Å². The summed E-state index contributed by atoms with van der Waals surface area (Å²) in [6, 6.07) is 7.50. The maximum absolute atomic E-state index is 12.7. The van der Waals surface area contributed by atoms with Gasteiger partial charge in [-0.05, 0) is 43.9 Å². The van der Waals surface area contributed by atoms with Gasteiger partial charge in [0.25, 0.3) is 5.91 Å². The highest BCUT2D eigenvalue weighted by atomic mass is 32.2. The molecule has 1 aliphatic rings. The number of aromatic nitrogens is 1. The lowest BCUT2D eigenvalue weighted by Gasteiger charge is -2.08. The molecule has 2 amide bonds. The van der Waals surface area contributed by atoms with E-state index in [1.165, 1.54) is 22.7 Å². The summed E-state index contributed by atoms with van der Waals surface area (Å²) < 4.78 is 38.3. The van der Waals surface area contributed by atoms with Crippen molar-refractivity contribution in [2.24, 2.45) is 4.99 Å². The zero-order chi connectivity index (χ0) is 26.6. The van der Waals surface area contributed by atoms with Gasteiger partial charge >= 0.3 is 5.97 Å². The van der Waals surface area contributed by atoms with Crippen LogP contribution in [-0.4, -0.2) is 62.6 Å². The summed E-state index contributed by atoms with van der Waals surface area (Å²) in [6.45, 7) is 2.70. The third-order valence-corrected chi connectivity index (χ3v) is 9.33. The number of thiophene rings is 1. The summed E-state index contributed by atoms with van der Waals surface area (Å²) in [5.41, 5.74) is 2.00. The van der Waals surface area contributed by atoms with Gasteiger partial charge in [-0.1, -0.05) is 23.5 Å². The number of nitrogens with one attached hydrogen (secondary N) is 1. The van der Waals surface area contributed by atoms with Crippen molar-refractivity contribution in [1.82, 2.24) is 4.57 Å². The number of ether oxygens (including phenoxy) is 2. The molecule has 10 nitrogen and oxygen atoms in total. The molecule has 0 bridgehead atoms. The standard InChI is InChI=1S/C24H27N3O7S3/c1-3-34-23(30)21-15-7-6-10-17(15)35-22(21)25-19(28)13-37(31,32)14-20(29)26-24-27(11-12-33-2)16-8-4-5-9-18(16)36-24/h4-5,8-9H,3,6-7,10-14H2,1-2H3,(H,25,28). The zero-order valence-electron chi connectivity index (χ0n) is 20.4. The van der Waals surface area contributed by atoms with E-state index in [-0.39, 0.29) is 11.6 Å². The number of aryl methyl sites for hydroxylation is 1. The van der Waals surface area contributed by atoms with Crippen molar-refractivity contribution < 1.29 is 32.3 Å². The van der Waals surface area contributed by atoms with Gasteiger partial charge in [0, 0.05) is 18.5 Å². The SMILES string of the molecule is CCOC(=O)c1c(NC(=O)CS(=O)(=O)CC(=O)N=c2sc3ccccc3n2CCOC)sc2c1CCC2. The average molecular weight is 566 g/mol. The van der Waals surface area contributed by atoms with Crippen molar-refractivity contribution in [2.75, 3.05) is 37.1 Å². The molecule has 0 atom stereocenters. The fraction of sp³-hybridized carbons (Fsp3) is 0.417. The molecule has 0 saturated heterocycles. The van der Waals surface area contributed by atoms with Gasteiger partial charge in [-0.3, -0.25) is 9.59 Å². The summed E-state index contributed by atoms with van der Waals surface area (Å²) >= 11 is 2.53. The van der Waals surface area contributed by atoms with Crippen molar-refractivity contribution in [3.8, 4) is 0 Å². The first-order chi connectivity index (χ1) is 17.7. The molecule has 1 aromatic carbocycles. The first kappa shape index (κ1) is 27.2. The molecule has 0 aliphatic heterocycles. The van der Waals surface area contributed by atoms with E-state index in [2.05, 4.69) is 10.3 Å². The largest absolute Gasteiger partial charge is 0.462 e. The number of hydrogen-bond donors (Lipinski definition) is 1. The van der Waals surface area contributed by atoms with Crippen LogP contribution in [0.1, 0.15) is 34.1 Å². The molecule has 0 unspecified atom stereocenters. The summed E-state index contributed by atoms with van der Waals surface area (Å²) in [4.78, 5) is 43.1. The molecule has 198 valence electrons. The van der Waals surface area contributed by atoms with Gasteiger partial charge in [-0.25, -0.2) is 13.2 Å². The number of benzene rings is 1. The highest BCUT2D eigenvalue weighted by molar-refractivity contribution is 7.92. The van der Waals surface area contributed by atoms with E-state index < -0.39 is 39.1 Å². The number of thiazole rings is 1. The Bertz CT molecular complexity index is 1520. The van der Waals surface area contributed by atoms with Crippen LogP contribution < -0.4 is 10.1 Å². The molecule has 2 aromatic heterocycles. The second-order valence-corrected chi connectivity index (χ2v) is 12.5. The molecule has 0 saturated carbocycles.